The van der Waals surface area contributed by atoms with E-state index in [1.54, 1.807) is 12.1 Å². The van der Waals surface area contributed by atoms with E-state index >= 15 is 0 Å². The molecular weight excluding hydrogens is 284 g/mol. The molecule has 0 bridgehead atoms. The lowest BCUT2D eigenvalue weighted by Gasteiger charge is -2.21. The van der Waals surface area contributed by atoms with Crippen molar-refractivity contribution in [3.63, 3.8) is 0 Å². The molecule has 1 heterocycles. The van der Waals surface area contributed by atoms with Crippen molar-refractivity contribution in [2.24, 2.45) is 0 Å². The zero-order valence-corrected chi connectivity index (χ0v) is 12.9. The lowest BCUT2D eigenvalue weighted by Crippen LogP contribution is -2.37. The van der Waals surface area contributed by atoms with Gasteiger partial charge in [0, 0.05) is 6.54 Å². The Balaban J connectivity index is 1.87. The van der Waals surface area contributed by atoms with Crippen LogP contribution in [0.4, 0.5) is 0 Å². The van der Waals surface area contributed by atoms with Gasteiger partial charge in [0.25, 0.3) is 0 Å². The number of nitrogens with zero attached hydrogens (tertiary/aromatic N) is 1. The fourth-order valence-electron chi connectivity index (χ4n) is 1.83. The number of carboxylic acids is 1. The van der Waals surface area contributed by atoms with E-state index in [0.29, 0.717) is 18.8 Å². The topological polar surface area (TPSA) is 84.6 Å². The summed E-state index contributed by atoms with van der Waals surface area (Å²) < 4.78 is 10.7. The van der Waals surface area contributed by atoms with Crippen LogP contribution in [0.25, 0.3) is 0 Å². The first kappa shape index (κ1) is 16.0. The Bertz CT molecular complexity index is 632. The molecule has 0 amide bonds. The fourth-order valence-corrected chi connectivity index (χ4v) is 1.83. The lowest BCUT2D eigenvalue weighted by molar-refractivity contribution is -0.152. The van der Waals surface area contributed by atoms with Gasteiger partial charge in [-0.1, -0.05) is 12.1 Å². The highest BCUT2D eigenvalue weighted by Crippen LogP contribution is 2.19. The summed E-state index contributed by atoms with van der Waals surface area (Å²) in [7, 11) is 0. The third kappa shape index (κ3) is 4.08. The molecular formula is C16H20N2O4. The van der Waals surface area contributed by atoms with E-state index in [1.165, 1.54) is 20.2 Å². The van der Waals surface area contributed by atoms with Crippen LogP contribution in [0.2, 0.25) is 0 Å². The van der Waals surface area contributed by atoms with Crippen LogP contribution in [0.1, 0.15) is 30.9 Å². The molecule has 0 aliphatic heterocycles. The number of hydrogen-bond donors (Lipinski definition) is 2. The number of benzene rings is 1. The molecule has 1 aromatic carbocycles. The maximum absolute atomic E-state index is 11.0. The summed E-state index contributed by atoms with van der Waals surface area (Å²) in [6.07, 6.45) is 1.43. The second kappa shape index (κ2) is 6.62. The van der Waals surface area contributed by atoms with Gasteiger partial charge in [-0.2, -0.15) is 0 Å². The summed E-state index contributed by atoms with van der Waals surface area (Å²) in [4.78, 5) is 15.1. The number of nitrogens with one attached hydrogen (secondary N) is 1. The summed E-state index contributed by atoms with van der Waals surface area (Å²) in [5.74, 6) is 0.353. The van der Waals surface area contributed by atoms with Crippen LogP contribution in [0.5, 0.6) is 5.75 Å². The predicted octanol–water partition coefficient (Wildman–Crippen LogP) is 2.51. The highest BCUT2D eigenvalue weighted by Gasteiger charge is 2.29. The van der Waals surface area contributed by atoms with Gasteiger partial charge in [0.2, 0.25) is 0 Å². The molecule has 0 unspecified atom stereocenters. The second-order valence-corrected chi connectivity index (χ2v) is 5.53. The van der Waals surface area contributed by atoms with E-state index in [2.05, 4.69) is 10.3 Å². The van der Waals surface area contributed by atoms with Gasteiger partial charge in [-0.3, -0.25) is 0 Å². The number of ether oxygens (including phenoxy) is 1. The molecule has 0 aliphatic rings. The number of aliphatic carboxylic acids is 1. The Labute approximate surface area is 129 Å². The molecule has 0 saturated heterocycles. The lowest BCUT2D eigenvalue weighted by atomic mass is 10.1. The first-order valence-electron chi connectivity index (χ1n) is 6.99. The van der Waals surface area contributed by atoms with Gasteiger partial charge in [-0.25, -0.2) is 9.78 Å². The van der Waals surface area contributed by atoms with E-state index < -0.39 is 11.6 Å². The second-order valence-electron chi connectivity index (χ2n) is 5.53. The third-order valence-corrected chi connectivity index (χ3v) is 3.27. The highest BCUT2D eigenvalue weighted by atomic mass is 16.5. The van der Waals surface area contributed by atoms with Crippen LogP contribution in [-0.2, 0) is 17.9 Å². The number of rotatable bonds is 7. The standard InChI is InChI=1S/C16H20N2O4/c1-11-14(21-10-18-11)9-17-8-12-4-6-13(7-5-12)22-16(2,3)15(19)20/h4-7,10,17H,8-9H2,1-3H3,(H,19,20). The smallest absolute Gasteiger partial charge is 0.347 e. The van der Waals surface area contributed by atoms with Gasteiger partial charge in [0.05, 0.1) is 12.2 Å². The van der Waals surface area contributed by atoms with Crippen LogP contribution in [0.15, 0.2) is 35.1 Å². The van der Waals surface area contributed by atoms with E-state index in [1.807, 2.05) is 19.1 Å². The van der Waals surface area contributed by atoms with E-state index in [0.717, 1.165) is 17.0 Å². The molecule has 1 aromatic heterocycles. The Hall–Kier alpha value is -2.34. The molecule has 6 heteroatoms. The minimum Gasteiger partial charge on any atom is -0.478 e. The monoisotopic (exact) mass is 304 g/mol. The fraction of sp³-hybridized carbons (Fsp3) is 0.375. The largest absolute Gasteiger partial charge is 0.478 e. The SMILES string of the molecule is Cc1ncoc1CNCc1ccc(OC(C)(C)C(=O)O)cc1. The van der Waals surface area contributed by atoms with Crippen LogP contribution < -0.4 is 10.1 Å². The first-order chi connectivity index (χ1) is 10.4. The summed E-state index contributed by atoms with van der Waals surface area (Å²) in [6, 6.07) is 7.32. The number of carboxylic acid groups (broad SMARTS) is 1. The van der Waals surface area contributed by atoms with Crippen molar-refractivity contribution in [2.45, 2.75) is 39.5 Å². The number of oxazole rings is 1. The molecule has 118 valence electrons. The maximum Gasteiger partial charge on any atom is 0.347 e. The van der Waals surface area contributed by atoms with Gasteiger partial charge in [0.15, 0.2) is 12.0 Å². The number of aryl methyl sites for hydroxylation is 1. The highest BCUT2D eigenvalue weighted by molar-refractivity contribution is 5.76. The van der Waals surface area contributed by atoms with E-state index in [-0.39, 0.29) is 0 Å². The third-order valence-electron chi connectivity index (χ3n) is 3.27. The van der Waals surface area contributed by atoms with Crippen LogP contribution in [0.3, 0.4) is 0 Å². The van der Waals surface area contributed by atoms with Crippen LogP contribution >= 0.6 is 0 Å². The summed E-state index contributed by atoms with van der Waals surface area (Å²) in [5, 5.41) is 12.3. The Morgan fingerprint density at radius 1 is 1.32 bits per heavy atom. The molecule has 0 radical (unpaired) electrons. The van der Waals surface area contributed by atoms with Crippen molar-refractivity contribution in [3.05, 3.63) is 47.7 Å². The number of hydrogen-bond acceptors (Lipinski definition) is 5. The average Bonchev–Trinajstić information content (AvgIpc) is 2.86. The van der Waals surface area contributed by atoms with Gasteiger partial charge in [0.1, 0.15) is 11.5 Å². The normalized spacial score (nSPS) is 11.4. The molecule has 2 rings (SSSR count). The maximum atomic E-state index is 11.0. The van der Waals surface area contributed by atoms with Crippen LogP contribution in [-0.4, -0.2) is 21.7 Å². The molecule has 0 aliphatic carbocycles. The molecule has 0 spiro atoms. The zero-order chi connectivity index (χ0) is 16.2. The summed E-state index contributed by atoms with van der Waals surface area (Å²) >= 11 is 0. The first-order valence-corrected chi connectivity index (χ1v) is 6.99. The van der Waals surface area contributed by atoms with Crippen molar-refractivity contribution in [1.82, 2.24) is 10.3 Å². The molecule has 22 heavy (non-hydrogen) atoms. The quantitative estimate of drug-likeness (QED) is 0.817. The molecule has 6 nitrogen and oxygen atoms in total. The zero-order valence-electron chi connectivity index (χ0n) is 12.9. The Morgan fingerprint density at radius 2 is 2.00 bits per heavy atom. The molecule has 0 atom stereocenters. The van der Waals surface area contributed by atoms with Crippen molar-refractivity contribution in [3.8, 4) is 5.75 Å². The minimum atomic E-state index is -1.25. The van der Waals surface area contributed by atoms with Gasteiger partial charge in [-0.15, -0.1) is 0 Å². The molecule has 0 saturated carbocycles. The summed E-state index contributed by atoms with van der Waals surface area (Å²) in [6.45, 7) is 6.21. The van der Waals surface area contributed by atoms with Crippen molar-refractivity contribution in [2.75, 3.05) is 0 Å². The van der Waals surface area contributed by atoms with E-state index in [9.17, 15) is 4.79 Å². The molecule has 2 N–H and O–H groups in total. The molecule has 0 fully saturated rings. The van der Waals surface area contributed by atoms with Crippen molar-refractivity contribution in [1.29, 1.82) is 0 Å². The van der Waals surface area contributed by atoms with Crippen LogP contribution in [0, 0.1) is 6.92 Å². The number of aromatic nitrogens is 1. The van der Waals surface area contributed by atoms with Gasteiger partial charge >= 0.3 is 5.97 Å². The Morgan fingerprint density at radius 3 is 2.55 bits per heavy atom. The van der Waals surface area contributed by atoms with Crippen molar-refractivity contribution < 1.29 is 19.1 Å². The van der Waals surface area contributed by atoms with Gasteiger partial charge < -0.3 is 19.6 Å². The van der Waals surface area contributed by atoms with E-state index in [4.69, 9.17) is 14.3 Å². The summed E-state index contributed by atoms with van der Waals surface area (Å²) in [5.41, 5.74) is 0.702. The predicted molar refractivity (Wildman–Crippen MR) is 80.6 cm³/mol. The number of carbonyl (C=O) groups is 1. The molecule has 2 aromatic rings. The Kier molecular flexibility index (Phi) is 4.82. The average molecular weight is 304 g/mol. The van der Waals surface area contributed by atoms with Gasteiger partial charge in [-0.05, 0) is 38.5 Å². The van der Waals surface area contributed by atoms with Crippen molar-refractivity contribution >= 4 is 5.97 Å². The minimum absolute atomic E-state index is 0.530.